The molecule has 90 valence electrons. The Bertz CT molecular complexity index is 497. The van der Waals surface area contributed by atoms with Crippen molar-refractivity contribution in [3.05, 3.63) is 30.3 Å². The molecule has 1 N–H and O–H groups in total. The Morgan fingerprint density at radius 2 is 2.06 bits per heavy atom. The van der Waals surface area contributed by atoms with Gasteiger partial charge in [0.1, 0.15) is 11.3 Å². The van der Waals surface area contributed by atoms with Crippen molar-refractivity contribution in [3.63, 3.8) is 0 Å². The van der Waals surface area contributed by atoms with Crippen LogP contribution in [0.25, 0.3) is 10.9 Å². The molecule has 0 saturated carbocycles. The van der Waals surface area contributed by atoms with Gasteiger partial charge in [-0.15, -0.1) is 0 Å². The Labute approximate surface area is 101 Å². The van der Waals surface area contributed by atoms with Gasteiger partial charge in [0.25, 0.3) is 0 Å². The molecule has 0 unspecified atom stereocenters. The van der Waals surface area contributed by atoms with Crippen LogP contribution in [0.5, 0.6) is 11.6 Å². The molecule has 0 atom stereocenters. The number of para-hydroxylation sites is 1. The number of pyridine rings is 1. The predicted octanol–water partition coefficient (Wildman–Crippen LogP) is 3.51. The molecule has 0 aliphatic carbocycles. The predicted molar refractivity (Wildman–Crippen MR) is 68.4 cm³/mol. The fourth-order valence-corrected chi connectivity index (χ4v) is 1.72. The third-order valence-corrected chi connectivity index (χ3v) is 2.67. The number of benzene rings is 1. The van der Waals surface area contributed by atoms with Crippen molar-refractivity contribution in [2.24, 2.45) is 0 Å². The zero-order valence-corrected chi connectivity index (χ0v) is 10.0. The number of hydrogen-bond acceptors (Lipinski definition) is 3. The molecular weight excluding hydrogens is 214 g/mol. The third kappa shape index (κ3) is 2.87. The van der Waals surface area contributed by atoms with Crippen LogP contribution < -0.4 is 4.74 Å². The third-order valence-electron chi connectivity index (χ3n) is 2.67. The maximum Gasteiger partial charge on any atom is 0.213 e. The molecule has 2 aromatic rings. The lowest BCUT2D eigenvalue weighted by atomic mass is 10.2. The second-order valence-corrected chi connectivity index (χ2v) is 4.05. The number of hydrogen-bond donors (Lipinski definition) is 1. The standard InChI is InChI=1S/C14H17NO2/c1-2-3-4-10-17-13-9-8-11-6-5-7-12(16)14(11)15-13/h5-9,16H,2-4,10H2,1H3. The Morgan fingerprint density at radius 1 is 1.18 bits per heavy atom. The minimum absolute atomic E-state index is 0.196. The van der Waals surface area contributed by atoms with Crippen LogP contribution in [0, 0.1) is 0 Å². The lowest BCUT2D eigenvalue weighted by Crippen LogP contribution is -1.98. The van der Waals surface area contributed by atoms with Crippen molar-refractivity contribution in [2.45, 2.75) is 26.2 Å². The Hall–Kier alpha value is -1.77. The van der Waals surface area contributed by atoms with E-state index in [1.165, 1.54) is 12.8 Å². The summed E-state index contributed by atoms with van der Waals surface area (Å²) < 4.78 is 5.55. The molecule has 0 aliphatic heterocycles. The monoisotopic (exact) mass is 231 g/mol. The average Bonchev–Trinajstić information content (AvgIpc) is 2.36. The van der Waals surface area contributed by atoms with E-state index in [1.54, 1.807) is 12.1 Å². The maximum atomic E-state index is 9.69. The van der Waals surface area contributed by atoms with Gasteiger partial charge in [0.15, 0.2) is 0 Å². The molecule has 0 bridgehead atoms. The molecule has 2 rings (SSSR count). The zero-order valence-electron chi connectivity index (χ0n) is 10.0. The molecule has 17 heavy (non-hydrogen) atoms. The summed E-state index contributed by atoms with van der Waals surface area (Å²) in [5.74, 6) is 0.775. The number of aromatic hydroxyl groups is 1. The van der Waals surface area contributed by atoms with Crippen LogP contribution in [0.4, 0.5) is 0 Å². The largest absolute Gasteiger partial charge is 0.506 e. The minimum Gasteiger partial charge on any atom is -0.506 e. The Morgan fingerprint density at radius 3 is 2.88 bits per heavy atom. The van der Waals surface area contributed by atoms with Crippen LogP contribution in [0.1, 0.15) is 26.2 Å². The highest BCUT2D eigenvalue weighted by atomic mass is 16.5. The average molecular weight is 231 g/mol. The van der Waals surface area contributed by atoms with E-state index >= 15 is 0 Å². The molecule has 1 aromatic carbocycles. The van der Waals surface area contributed by atoms with Crippen molar-refractivity contribution < 1.29 is 9.84 Å². The van der Waals surface area contributed by atoms with Crippen molar-refractivity contribution in [2.75, 3.05) is 6.61 Å². The summed E-state index contributed by atoms with van der Waals surface area (Å²) in [6, 6.07) is 9.12. The van der Waals surface area contributed by atoms with Crippen LogP contribution in [0.3, 0.4) is 0 Å². The minimum atomic E-state index is 0.196. The molecule has 0 amide bonds. The van der Waals surface area contributed by atoms with E-state index in [2.05, 4.69) is 11.9 Å². The molecule has 0 radical (unpaired) electrons. The van der Waals surface area contributed by atoms with E-state index in [1.807, 2.05) is 18.2 Å². The first kappa shape index (κ1) is 11.7. The summed E-state index contributed by atoms with van der Waals surface area (Å²) in [7, 11) is 0. The zero-order chi connectivity index (χ0) is 12.1. The molecule has 3 heteroatoms. The van der Waals surface area contributed by atoms with Crippen molar-refractivity contribution in [3.8, 4) is 11.6 Å². The van der Waals surface area contributed by atoms with E-state index < -0.39 is 0 Å². The van der Waals surface area contributed by atoms with Crippen molar-refractivity contribution in [1.82, 2.24) is 4.98 Å². The first-order valence-corrected chi connectivity index (χ1v) is 6.03. The molecule has 0 fully saturated rings. The number of nitrogens with zero attached hydrogens (tertiary/aromatic N) is 1. The fraction of sp³-hybridized carbons (Fsp3) is 0.357. The van der Waals surface area contributed by atoms with Gasteiger partial charge in [-0.2, -0.15) is 0 Å². The van der Waals surface area contributed by atoms with E-state index in [0.717, 1.165) is 11.8 Å². The number of phenolic OH excluding ortho intramolecular Hbond substituents is 1. The fourth-order valence-electron chi connectivity index (χ4n) is 1.72. The SMILES string of the molecule is CCCCCOc1ccc2cccc(O)c2n1. The molecule has 1 aromatic heterocycles. The van der Waals surface area contributed by atoms with Gasteiger partial charge in [0, 0.05) is 11.5 Å². The quantitative estimate of drug-likeness (QED) is 0.801. The molecule has 3 nitrogen and oxygen atoms in total. The Kier molecular flexibility index (Phi) is 3.81. The number of fused-ring (bicyclic) bond motifs is 1. The van der Waals surface area contributed by atoms with E-state index in [4.69, 9.17) is 4.74 Å². The van der Waals surface area contributed by atoms with Gasteiger partial charge in [-0.3, -0.25) is 0 Å². The molecule has 0 saturated heterocycles. The number of ether oxygens (including phenoxy) is 1. The van der Waals surface area contributed by atoms with Crippen molar-refractivity contribution in [1.29, 1.82) is 0 Å². The first-order chi connectivity index (χ1) is 8.31. The summed E-state index contributed by atoms with van der Waals surface area (Å²) >= 11 is 0. The molecule has 1 heterocycles. The van der Waals surface area contributed by atoms with Gasteiger partial charge in [-0.1, -0.05) is 31.9 Å². The highest BCUT2D eigenvalue weighted by Crippen LogP contribution is 2.24. The molecule has 0 spiro atoms. The lowest BCUT2D eigenvalue weighted by molar-refractivity contribution is 0.296. The van der Waals surface area contributed by atoms with Crippen LogP contribution in [0.2, 0.25) is 0 Å². The summed E-state index contributed by atoms with van der Waals surface area (Å²) in [5.41, 5.74) is 0.598. The number of aromatic nitrogens is 1. The van der Waals surface area contributed by atoms with Gasteiger partial charge < -0.3 is 9.84 Å². The van der Waals surface area contributed by atoms with Crippen LogP contribution >= 0.6 is 0 Å². The van der Waals surface area contributed by atoms with Gasteiger partial charge in [-0.05, 0) is 18.6 Å². The second kappa shape index (κ2) is 5.53. The van der Waals surface area contributed by atoms with Gasteiger partial charge in [-0.25, -0.2) is 4.98 Å². The van der Waals surface area contributed by atoms with E-state index in [0.29, 0.717) is 18.0 Å². The topological polar surface area (TPSA) is 42.4 Å². The van der Waals surface area contributed by atoms with Crippen molar-refractivity contribution >= 4 is 10.9 Å². The number of rotatable bonds is 5. The van der Waals surface area contributed by atoms with Gasteiger partial charge >= 0.3 is 0 Å². The van der Waals surface area contributed by atoms with Crippen LogP contribution in [-0.2, 0) is 0 Å². The van der Waals surface area contributed by atoms with Gasteiger partial charge in [0.05, 0.1) is 6.61 Å². The second-order valence-electron chi connectivity index (χ2n) is 4.05. The first-order valence-electron chi connectivity index (χ1n) is 6.03. The van der Waals surface area contributed by atoms with Crippen LogP contribution in [-0.4, -0.2) is 16.7 Å². The smallest absolute Gasteiger partial charge is 0.213 e. The number of phenols is 1. The summed E-state index contributed by atoms with van der Waals surface area (Å²) in [5, 5.41) is 10.6. The molecule has 0 aliphatic rings. The van der Waals surface area contributed by atoms with E-state index in [9.17, 15) is 5.11 Å². The Balaban J connectivity index is 2.11. The van der Waals surface area contributed by atoms with E-state index in [-0.39, 0.29) is 5.75 Å². The normalized spacial score (nSPS) is 10.6. The summed E-state index contributed by atoms with van der Waals surface area (Å²) in [4.78, 5) is 4.30. The van der Waals surface area contributed by atoms with Crippen LogP contribution in [0.15, 0.2) is 30.3 Å². The van der Waals surface area contributed by atoms with Gasteiger partial charge in [0.2, 0.25) is 5.88 Å². The summed E-state index contributed by atoms with van der Waals surface area (Å²) in [6.07, 6.45) is 3.38. The lowest BCUT2D eigenvalue weighted by Gasteiger charge is -2.06. The number of unbranched alkanes of at least 4 members (excludes halogenated alkanes) is 2. The highest BCUT2D eigenvalue weighted by molar-refractivity contribution is 5.84. The summed E-state index contributed by atoms with van der Waals surface area (Å²) in [6.45, 7) is 2.84. The highest BCUT2D eigenvalue weighted by Gasteiger charge is 2.02. The maximum absolute atomic E-state index is 9.69. The molecular formula is C14H17NO2.